The summed E-state index contributed by atoms with van der Waals surface area (Å²) < 4.78 is 7.15. The third-order valence-corrected chi connectivity index (χ3v) is 7.03. The second-order valence-corrected chi connectivity index (χ2v) is 9.32. The lowest BCUT2D eigenvalue weighted by Gasteiger charge is -2.32. The third kappa shape index (κ3) is 4.26. The Hall–Kier alpha value is -2.45. The maximum Gasteiger partial charge on any atom is 0.277 e. The van der Waals surface area contributed by atoms with Gasteiger partial charge in [0.1, 0.15) is 0 Å². The highest BCUT2D eigenvalue weighted by atomic mass is 16.5. The van der Waals surface area contributed by atoms with Crippen LogP contribution >= 0.6 is 0 Å². The van der Waals surface area contributed by atoms with E-state index >= 15 is 0 Å². The first-order chi connectivity index (χ1) is 15.6. The van der Waals surface area contributed by atoms with E-state index in [2.05, 4.69) is 16.1 Å². The largest absolute Gasteiger partial charge is 0.377 e. The minimum atomic E-state index is -0.0630. The van der Waals surface area contributed by atoms with Crippen LogP contribution in [0.4, 0.5) is 0 Å². The van der Waals surface area contributed by atoms with Crippen molar-refractivity contribution < 1.29 is 9.53 Å². The topological polar surface area (TPSA) is 82.9 Å². The molecular weight excluding hydrogens is 406 g/mol. The van der Waals surface area contributed by atoms with Crippen LogP contribution in [-0.4, -0.2) is 69.7 Å². The number of rotatable bonds is 5. The van der Waals surface area contributed by atoms with Gasteiger partial charge in [-0.15, -0.1) is 0 Å². The molecule has 8 nitrogen and oxygen atoms in total. The van der Waals surface area contributed by atoms with Crippen LogP contribution in [0, 0.1) is 0 Å². The SMILES string of the molecule is CCCC(=O)N1CCc2nc3cc(C4CCN(CC5=CCCOC5)CC4)[nH]n3c(=O)c2C1. The number of nitrogens with zero attached hydrogens (tertiary/aromatic N) is 4. The highest BCUT2D eigenvalue weighted by Gasteiger charge is 2.27. The number of ether oxygens (including phenoxy) is 1. The monoisotopic (exact) mass is 439 g/mol. The van der Waals surface area contributed by atoms with Gasteiger partial charge in [0.25, 0.3) is 5.56 Å². The van der Waals surface area contributed by atoms with Crippen LogP contribution in [0.15, 0.2) is 22.5 Å². The number of nitrogens with one attached hydrogen (secondary N) is 1. The predicted molar refractivity (Wildman–Crippen MR) is 122 cm³/mol. The number of amides is 1. The number of hydrogen-bond donors (Lipinski definition) is 1. The molecule has 0 aromatic carbocycles. The van der Waals surface area contributed by atoms with Crippen molar-refractivity contribution in [1.82, 2.24) is 24.4 Å². The zero-order valence-corrected chi connectivity index (χ0v) is 18.9. The first-order valence-electron chi connectivity index (χ1n) is 12.0. The molecule has 5 rings (SSSR count). The van der Waals surface area contributed by atoms with E-state index in [1.165, 1.54) is 5.57 Å². The fraction of sp³-hybridized carbons (Fsp3) is 0.625. The summed E-state index contributed by atoms with van der Waals surface area (Å²) >= 11 is 0. The van der Waals surface area contributed by atoms with E-state index in [0.29, 0.717) is 43.1 Å². The highest BCUT2D eigenvalue weighted by Crippen LogP contribution is 2.28. The van der Waals surface area contributed by atoms with Crippen LogP contribution in [0.3, 0.4) is 0 Å². The minimum Gasteiger partial charge on any atom is -0.377 e. The Kier molecular flexibility index (Phi) is 6.15. The van der Waals surface area contributed by atoms with Gasteiger partial charge in [-0.25, -0.2) is 9.50 Å². The number of piperidine rings is 1. The molecule has 1 amide bonds. The van der Waals surface area contributed by atoms with E-state index < -0.39 is 0 Å². The number of aromatic amines is 1. The van der Waals surface area contributed by atoms with E-state index in [1.54, 1.807) is 9.42 Å². The van der Waals surface area contributed by atoms with Crippen molar-refractivity contribution in [3.63, 3.8) is 0 Å². The summed E-state index contributed by atoms with van der Waals surface area (Å²) in [5.74, 6) is 0.528. The summed E-state index contributed by atoms with van der Waals surface area (Å²) in [5.41, 5.74) is 4.63. The molecule has 32 heavy (non-hydrogen) atoms. The van der Waals surface area contributed by atoms with E-state index in [1.807, 2.05) is 13.0 Å². The molecule has 1 saturated heterocycles. The van der Waals surface area contributed by atoms with Gasteiger partial charge in [-0.2, -0.15) is 0 Å². The number of likely N-dealkylation sites (tertiary alicyclic amines) is 1. The molecule has 3 aliphatic heterocycles. The van der Waals surface area contributed by atoms with Gasteiger partial charge in [-0.3, -0.25) is 19.6 Å². The van der Waals surface area contributed by atoms with Crippen LogP contribution in [0.25, 0.3) is 5.65 Å². The fourth-order valence-corrected chi connectivity index (χ4v) is 5.20. The summed E-state index contributed by atoms with van der Waals surface area (Å²) in [6.45, 7) is 7.72. The molecule has 0 saturated carbocycles. The Labute approximate surface area is 188 Å². The van der Waals surface area contributed by atoms with Gasteiger partial charge in [0, 0.05) is 43.6 Å². The van der Waals surface area contributed by atoms with Gasteiger partial charge in [0.05, 0.1) is 31.0 Å². The van der Waals surface area contributed by atoms with Crippen LogP contribution in [0.1, 0.15) is 61.9 Å². The summed E-state index contributed by atoms with van der Waals surface area (Å²) in [4.78, 5) is 34.6. The Morgan fingerprint density at radius 3 is 2.88 bits per heavy atom. The molecule has 0 spiro atoms. The van der Waals surface area contributed by atoms with Gasteiger partial charge in [-0.05, 0) is 44.3 Å². The number of carbonyl (C=O) groups is 1. The quantitative estimate of drug-likeness (QED) is 0.723. The Morgan fingerprint density at radius 2 is 2.12 bits per heavy atom. The standard InChI is InChI=1S/C24H33N5O3/c1-2-4-23(30)28-11-8-20-19(15-28)24(31)29-22(25-20)13-21(26-29)18-6-9-27(10-7-18)14-17-5-3-12-32-16-17/h5,13,18,26H,2-4,6-12,14-16H2,1H3. The maximum absolute atomic E-state index is 13.2. The lowest BCUT2D eigenvalue weighted by molar-refractivity contribution is -0.132. The third-order valence-electron chi connectivity index (χ3n) is 7.03. The van der Waals surface area contributed by atoms with E-state index in [-0.39, 0.29) is 11.5 Å². The lowest BCUT2D eigenvalue weighted by Crippen LogP contribution is -2.40. The second-order valence-electron chi connectivity index (χ2n) is 9.32. The van der Waals surface area contributed by atoms with Gasteiger partial charge in [0.2, 0.25) is 5.91 Å². The van der Waals surface area contributed by atoms with E-state index in [4.69, 9.17) is 9.72 Å². The summed E-state index contributed by atoms with van der Waals surface area (Å²) in [6.07, 6.45) is 7.48. The van der Waals surface area contributed by atoms with Crippen molar-refractivity contribution >= 4 is 11.6 Å². The van der Waals surface area contributed by atoms with Crippen molar-refractivity contribution in [3.05, 3.63) is 45.0 Å². The number of H-pyrrole nitrogens is 1. The van der Waals surface area contributed by atoms with Gasteiger partial charge in [0.15, 0.2) is 5.65 Å². The van der Waals surface area contributed by atoms with Crippen molar-refractivity contribution in [2.45, 2.75) is 57.9 Å². The van der Waals surface area contributed by atoms with E-state index in [0.717, 1.165) is 69.9 Å². The molecule has 172 valence electrons. The summed E-state index contributed by atoms with van der Waals surface area (Å²) in [6, 6.07) is 2.05. The second kappa shape index (κ2) is 9.19. The normalized spacial score (nSPS) is 20.4. The molecule has 0 bridgehead atoms. The molecule has 0 atom stereocenters. The Morgan fingerprint density at radius 1 is 1.28 bits per heavy atom. The highest BCUT2D eigenvalue weighted by molar-refractivity contribution is 5.76. The minimum absolute atomic E-state index is 0.0630. The molecule has 0 radical (unpaired) electrons. The molecule has 8 heteroatoms. The van der Waals surface area contributed by atoms with E-state index in [9.17, 15) is 9.59 Å². The van der Waals surface area contributed by atoms with Gasteiger partial charge < -0.3 is 9.64 Å². The molecule has 5 heterocycles. The van der Waals surface area contributed by atoms with Gasteiger partial charge in [-0.1, -0.05) is 13.0 Å². The van der Waals surface area contributed by atoms with Crippen LogP contribution in [0.5, 0.6) is 0 Å². The maximum atomic E-state index is 13.2. The lowest BCUT2D eigenvalue weighted by atomic mass is 9.93. The van der Waals surface area contributed by atoms with Crippen LogP contribution in [0.2, 0.25) is 0 Å². The summed E-state index contributed by atoms with van der Waals surface area (Å²) in [7, 11) is 0. The van der Waals surface area contributed by atoms with Crippen molar-refractivity contribution in [2.75, 3.05) is 39.4 Å². The first kappa shape index (κ1) is 21.4. The Balaban J connectivity index is 1.29. The number of carbonyl (C=O) groups excluding carboxylic acids is 1. The van der Waals surface area contributed by atoms with Crippen molar-refractivity contribution in [2.24, 2.45) is 0 Å². The molecule has 1 N–H and O–H groups in total. The van der Waals surface area contributed by atoms with Gasteiger partial charge >= 0.3 is 0 Å². The Bertz CT molecular complexity index is 1080. The molecule has 2 aromatic heterocycles. The average Bonchev–Trinajstić information content (AvgIpc) is 3.25. The van der Waals surface area contributed by atoms with Crippen LogP contribution in [-0.2, 0) is 22.5 Å². The molecule has 1 fully saturated rings. The molecule has 0 unspecified atom stereocenters. The zero-order chi connectivity index (χ0) is 22.1. The number of hydrogen-bond acceptors (Lipinski definition) is 5. The smallest absolute Gasteiger partial charge is 0.277 e. The predicted octanol–water partition coefficient (Wildman–Crippen LogP) is 2.23. The summed E-state index contributed by atoms with van der Waals surface area (Å²) in [5, 5.41) is 3.34. The number of fused-ring (bicyclic) bond motifs is 2. The average molecular weight is 440 g/mol. The number of aromatic nitrogens is 3. The van der Waals surface area contributed by atoms with Crippen molar-refractivity contribution in [3.8, 4) is 0 Å². The molecular formula is C24H33N5O3. The molecule has 2 aromatic rings. The zero-order valence-electron chi connectivity index (χ0n) is 18.9. The van der Waals surface area contributed by atoms with Crippen LogP contribution < -0.4 is 5.56 Å². The molecule has 3 aliphatic rings. The first-order valence-corrected chi connectivity index (χ1v) is 12.0. The fourth-order valence-electron chi connectivity index (χ4n) is 5.20. The molecule has 0 aliphatic carbocycles. The van der Waals surface area contributed by atoms with Crippen molar-refractivity contribution in [1.29, 1.82) is 0 Å².